The summed E-state index contributed by atoms with van der Waals surface area (Å²) in [5.41, 5.74) is 12.7. The molecule has 1 heterocycles. The zero-order chi connectivity index (χ0) is 18.8. The summed E-state index contributed by atoms with van der Waals surface area (Å²) in [5, 5.41) is 21.2. The minimum absolute atomic E-state index is 0.192. The number of nitrogen functional groups attached to an aromatic ring is 1. The lowest BCUT2D eigenvalue weighted by Gasteiger charge is -2.27. The van der Waals surface area contributed by atoms with E-state index in [1.807, 2.05) is 42.5 Å². The van der Waals surface area contributed by atoms with Crippen molar-refractivity contribution in [3.05, 3.63) is 82.7 Å². The Balaban J connectivity index is 1.62. The maximum absolute atomic E-state index is 9.13. The van der Waals surface area contributed by atoms with Crippen molar-refractivity contribution >= 4 is 17.1 Å². The predicted molar refractivity (Wildman–Crippen MR) is 108 cm³/mol. The highest BCUT2D eigenvalue weighted by Crippen LogP contribution is 2.34. The van der Waals surface area contributed by atoms with Gasteiger partial charge >= 0.3 is 0 Å². The predicted octanol–water partition coefficient (Wildman–Crippen LogP) is 4.37. The van der Waals surface area contributed by atoms with E-state index >= 15 is 0 Å². The summed E-state index contributed by atoms with van der Waals surface area (Å²) in [6.45, 7) is 0. The second-order valence-corrected chi connectivity index (χ2v) is 6.88. The third-order valence-corrected chi connectivity index (χ3v) is 5.12. The second kappa shape index (κ2) is 7.00. The number of hydrogen-bond acceptors (Lipinski definition) is 4. The molecule has 4 rings (SSSR count). The number of H-pyrrole nitrogens is 1. The van der Waals surface area contributed by atoms with Gasteiger partial charge in [0.2, 0.25) is 0 Å². The molecule has 27 heavy (non-hydrogen) atoms. The van der Waals surface area contributed by atoms with E-state index in [9.17, 15) is 0 Å². The Morgan fingerprint density at radius 3 is 2.89 bits per heavy atom. The molecule has 2 aromatic carbocycles. The van der Waals surface area contributed by atoms with Gasteiger partial charge in [0.15, 0.2) is 0 Å². The van der Waals surface area contributed by atoms with Gasteiger partial charge in [-0.15, -0.1) is 0 Å². The monoisotopic (exact) mass is 355 g/mol. The minimum Gasteiger partial charge on any atom is -0.398 e. The van der Waals surface area contributed by atoms with Crippen LogP contribution in [-0.4, -0.2) is 10.7 Å². The lowest BCUT2D eigenvalue weighted by Crippen LogP contribution is -2.18. The quantitative estimate of drug-likeness (QED) is 0.413. The van der Waals surface area contributed by atoms with Gasteiger partial charge in [-0.25, -0.2) is 0 Å². The highest BCUT2D eigenvalue weighted by molar-refractivity contribution is 6.13. The number of nitrogens with one attached hydrogen (secondary N) is 3. The number of hydrogen-bond donors (Lipinski definition) is 4. The topological polar surface area (TPSA) is 101 Å². The molecule has 1 aromatic heterocycles. The molecule has 5 nitrogen and oxygen atoms in total. The molecule has 5 heteroatoms. The highest BCUT2D eigenvalue weighted by atomic mass is 14.9. The average molecular weight is 355 g/mol. The largest absolute Gasteiger partial charge is 0.398 e. The molecule has 0 bridgehead atoms. The zero-order valence-corrected chi connectivity index (χ0v) is 14.9. The van der Waals surface area contributed by atoms with Gasteiger partial charge in [0.25, 0.3) is 0 Å². The Kier molecular flexibility index (Phi) is 4.39. The van der Waals surface area contributed by atoms with Crippen LogP contribution in [0.5, 0.6) is 0 Å². The number of aryl methyl sites for hydroxylation is 1. The average Bonchev–Trinajstić information content (AvgIpc) is 3.23. The molecule has 3 aromatic rings. The van der Waals surface area contributed by atoms with Gasteiger partial charge in [-0.1, -0.05) is 6.07 Å². The summed E-state index contributed by atoms with van der Waals surface area (Å²) in [5.74, 6) is 0. The number of nitriles is 1. The van der Waals surface area contributed by atoms with Crippen LogP contribution in [0.25, 0.3) is 0 Å². The summed E-state index contributed by atoms with van der Waals surface area (Å²) in [6.07, 6.45) is 4.93. The first kappa shape index (κ1) is 16.9. The van der Waals surface area contributed by atoms with Gasteiger partial charge in [0.1, 0.15) is 0 Å². The third kappa shape index (κ3) is 3.30. The smallest absolute Gasteiger partial charge is 0.0991 e. The van der Waals surface area contributed by atoms with Crippen LogP contribution in [0.1, 0.15) is 46.8 Å². The first-order chi connectivity index (χ1) is 13.2. The lowest BCUT2D eigenvalue weighted by atomic mass is 9.86. The molecule has 1 unspecified atom stereocenters. The van der Waals surface area contributed by atoms with Crippen molar-refractivity contribution in [2.45, 2.75) is 25.3 Å². The molecule has 1 atom stereocenters. The molecule has 0 radical (unpaired) electrons. The molecule has 5 N–H and O–H groups in total. The number of rotatable bonds is 4. The first-order valence-electron chi connectivity index (χ1n) is 9.07. The van der Waals surface area contributed by atoms with Crippen molar-refractivity contribution in [1.82, 2.24) is 4.98 Å². The normalized spacial score (nSPS) is 15.6. The van der Waals surface area contributed by atoms with Crippen LogP contribution in [-0.2, 0) is 6.42 Å². The minimum atomic E-state index is 0.192. The fourth-order valence-electron chi connectivity index (χ4n) is 3.73. The number of aromatic nitrogens is 1. The number of nitrogens with zero attached hydrogens (tertiary/aromatic N) is 1. The number of fused-ring (bicyclic) bond motifs is 1. The Bertz CT molecular complexity index is 1030. The summed E-state index contributed by atoms with van der Waals surface area (Å²) >= 11 is 0. The Labute approximate surface area is 158 Å². The summed E-state index contributed by atoms with van der Waals surface area (Å²) < 4.78 is 0. The molecule has 1 aliphatic rings. The Morgan fingerprint density at radius 2 is 2.11 bits per heavy atom. The van der Waals surface area contributed by atoms with Gasteiger partial charge in [-0.05, 0) is 72.9 Å². The van der Waals surface area contributed by atoms with Gasteiger partial charge < -0.3 is 16.0 Å². The van der Waals surface area contributed by atoms with Crippen molar-refractivity contribution in [2.75, 3.05) is 11.1 Å². The molecule has 0 saturated carbocycles. The summed E-state index contributed by atoms with van der Waals surface area (Å²) in [4.78, 5) is 3.06. The maximum atomic E-state index is 9.13. The standard InChI is InChI=1S/C22H21N5/c23-13-14-6-8-17-15(11-14)3-1-4-20(17)27-16-7-9-19(24)18(12-16)22(25)21-5-2-10-26-21/h2,5-12,20,25-27H,1,3-4,24H2. The molecule has 134 valence electrons. The van der Waals surface area contributed by atoms with Gasteiger partial charge in [0.05, 0.1) is 29.1 Å². The molecule has 0 amide bonds. The van der Waals surface area contributed by atoms with Gasteiger partial charge in [-0.3, -0.25) is 5.41 Å². The molecule has 0 fully saturated rings. The third-order valence-electron chi connectivity index (χ3n) is 5.12. The van der Waals surface area contributed by atoms with Crippen molar-refractivity contribution in [3.63, 3.8) is 0 Å². The van der Waals surface area contributed by atoms with Crippen molar-refractivity contribution in [1.29, 1.82) is 10.7 Å². The van der Waals surface area contributed by atoms with E-state index in [1.165, 1.54) is 11.1 Å². The Morgan fingerprint density at radius 1 is 1.22 bits per heavy atom. The second-order valence-electron chi connectivity index (χ2n) is 6.88. The van der Waals surface area contributed by atoms with Crippen LogP contribution in [0.4, 0.5) is 11.4 Å². The van der Waals surface area contributed by atoms with Crippen LogP contribution in [0.15, 0.2) is 54.7 Å². The zero-order valence-electron chi connectivity index (χ0n) is 14.9. The van der Waals surface area contributed by atoms with Crippen LogP contribution in [0.3, 0.4) is 0 Å². The molecular formula is C22H21N5. The summed E-state index contributed by atoms with van der Waals surface area (Å²) in [6, 6.07) is 17.8. The van der Waals surface area contributed by atoms with Gasteiger partial charge in [0, 0.05) is 23.1 Å². The van der Waals surface area contributed by atoms with Crippen molar-refractivity contribution in [2.24, 2.45) is 0 Å². The highest BCUT2D eigenvalue weighted by Gasteiger charge is 2.21. The lowest BCUT2D eigenvalue weighted by molar-refractivity contribution is 0.600. The molecular weight excluding hydrogens is 334 g/mol. The Hall–Kier alpha value is -3.52. The fourth-order valence-corrected chi connectivity index (χ4v) is 3.73. The van der Waals surface area contributed by atoms with E-state index in [4.69, 9.17) is 16.4 Å². The molecule has 0 aliphatic heterocycles. The van der Waals surface area contributed by atoms with Gasteiger partial charge in [-0.2, -0.15) is 5.26 Å². The first-order valence-corrected chi connectivity index (χ1v) is 9.07. The van der Waals surface area contributed by atoms with E-state index in [2.05, 4.69) is 22.4 Å². The SMILES string of the molecule is N#Cc1ccc2c(c1)CCCC2Nc1ccc(N)c(C(=N)c2ccc[nH]2)c1. The number of aromatic amines is 1. The van der Waals surface area contributed by atoms with Crippen molar-refractivity contribution < 1.29 is 0 Å². The number of anilines is 2. The van der Waals surface area contributed by atoms with E-state index in [1.54, 1.807) is 6.20 Å². The van der Waals surface area contributed by atoms with E-state index in [0.29, 0.717) is 22.5 Å². The molecule has 1 aliphatic carbocycles. The molecule has 0 saturated heterocycles. The number of benzene rings is 2. The van der Waals surface area contributed by atoms with Crippen LogP contribution >= 0.6 is 0 Å². The summed E-state index contributed by atoms with van der Waals surface area (Å²) in [7, 11) is 0. The van der Waals surface area contributed by atoms with E-state index in [-0.39, 0.29) is 6.04 Å². The number of nitrogens with two attached hydrogens (primary N) is 1. The van der Waals surface area contributed by atoms with E-state index in [0.717, 1.165) is 30.6 Å². The maximum Gasteiger partial charge on any atom is 0.0991 e. The fraction of sp³-hybridized carbons (Fsp3) is 0.182. The van der Waals surface area contributed by atoms with Crippen LogP contribution in [0.2, 0.25) is 0 Å². The van der Waals surface area contributed by atoms with Crippen molar-refractivity contribution in [3.8, 4) is 6.07 Å². The molecule has 0 spiro atoms. The van der Waals surface area contributed by atoms with Crippen LogP contribution in [0, 0.1) is 16.7 Å². The van der Waals surface area contributed by atoms with Crippen LogP contribution < -0.4 is 11.1 Å². The van der Waals surface area contributed by atoms with E-state index < -0.39 is 0 Å².